The van der Waals surface area contributed by atoms with Crippen LogP contribution in [0.4, 0.5) is 0 Å². The zero-order valence-corrected chi connectivity index (χ0v) is 13.7. The van der Waals surface area contributed by atoms with Gasteiger partial charge in [0.05, 0.1) is 5.69 Å². The number of thiazole rings is 1. The number of aromatic nitrogens is 1. The summed E-state index contributed by atoms with van der Waals surface area (Å²) in [5, 5.41) is 12.5. The molecule has 0 aliphatic rings. The summed E-state index contributed by atoms with van der Waals surface area (Å²) in [5.41, 5.74) is 4.34. The van der Waals surface area contributed by atoms with Gasteiger partial charge >= 0.3 is 0 Å². The zero-order valence-electron chi connectivity index (χ0n) is 12.1. The van der Waals surface area contributed by atoms with Crippen molar-refractivity contribution in [3.05, 3.63) is 70.0 Å². The second-order valence-electron chi connectivity index (χ2n) is 4.87. The van der Waals surface area contributed by atoms with E-state index in [9.17, 15) is 5.11 Å². The van der Waals surface area contributed by atoms with E-state index < -0.39 is 0 Å². The van der Waals surface area contributed by atoms with Crippen molar-refractivity contribution >= 4 is 35.9 Å². The summed E-state index contributed by atoms with van der Waals surface area (Å²) in [4.78, 5) is 4.62. The highest BCUT2D eigenvalue weighted by atomic mass is 35.5. The van der Waals surface area contributed by atoms with Crippen LogP contribution >= 0.6 is 23.7 Å². The molecule has 0 spiro atoms. The average Bonchev–Trinajstić information content (AvgIpc) is 2.95. The van der Waals surface area contributed by atoms with Crippen LogP contribution in [-0.2, 0) is 0 Å². The van der Waals surface area contributed by atoms with Crippen molar-refractivity contribution in [3.8, 4) is 17.0 Å². The fourth-order valence-corrected chi connectivity index (χ4v) is 2.74. The molecule has 0 fully saturated rings. The third-order valence-electron chi connectivity index (χ3n) is 3.16. The number of aryl methyl sites for hydroxylation is 1. The molecule has 1 aromatic heterocycles. The maximum absolute atomic E-state index is 9.44. The predicted molar refractivity (Wildman–Crippen MR) is 96.6 cm³/mol. The van der Waals surface area contributed by atoms with Crippen molar-refractivity contribution in [3.63, 3.8) is 0 Å². The number of phenolic OH excluding ortho intramolecular Hbond substituents is 1. The van der Waals surface area contributed by atoms with Gasteiger partial charge in [0, 0.05) is 10.9 Å². The standard InChI is InChI=1S/C18H15NOS.ClH/c1-13-5-8-15(9-6-13)17-12-21-18(19-17)10-7-14-3-2-4-16(20)11-14;/h2-12,20H,1H3;1H/b10-7+;. The molecule has 0 aliphatic carbocycles. The van der Waals surface area contributed by atoms with Crippen LogP contribution in [0.2, 0.25) is 0 Å². The van der Waals surface area contributed by atoms with E-state index in [4.69, 9.17) is 0 Å². The summed E-state index contributed by atoms with van der Waals surface area (Å²) in [7, 11) is 0. The summed E-state index contributed by atoms with van der Waals surface area (Å²) in [6.07, 6.45) is 3.93. The number of halogens is 1. The zero-order chi connectivity index (χ0) is 14.7. The third kappa shape index (κ3) is 3.97. The number of nitrogens with zero attached hydrogens (tertiary/aromatic N) is 1. The van der Waals surface area contributed by atoms with E-state index in [2.05, 4.69) is 41.6 Å². The van der Waals surface area contributed by atoms with Crippen molar-refractivity contribution < 1.29 is 5.11 Å². The Bertz CT molecular complexity index is 778. The average molecular weight is 330 g/mol. The van der Waals surface area contributed by atoms with E-state index in [1.54, 1.807) is 23.5 Å². The second kappa shape index (κ2) is 7.25. The van der Waals surface area contributed by atoms with E-state index in [0.29, 0.717) is 0 Å². The normalized spacial score (nSPS) is 10.6. The molecule has 112 valence electrons. The van der Waals surface area contributed by atoms with Gasteiger partial charge in [-0.05, 0) is 30.7 Å². The summed E-state index contributed by atoms with van der Waals surface area (Å²) >= 11 is 1.61. The molecule has 0 bridgehead atoms. The molecule has 3 rings (SSSR count). The van der Waals surface area contributed by atoms with Crippen LogP contribution in [0.5, 0.6) is 5.75 Å². The van der Waals surface area contributed by atoms with Gasteiger partial charge in [-0.2, -0.15) is 0 Å². The smallest absolute Gasteiger partial charge is 0.116 e. The van der Waals surface area contributed by atoms with Crippen molar-refractivity contribution in [1.29, 1.82) is 0 Å². The first-order valence-electron chi connectivity index (χ1n) is 6.70. The van der Waals surface area contributed by atoms with E-state index in [1.807, 2.05) is 24.3 Å². The molecule has 0 radical (unpaired) electrons. The van der Waals surface area contributed by atoms with Crippen LogP contribution in [0.3, 0.4) is 0 Å². The summed E-state index contributed by atoms with van der Waals surface area (Å²) in [6, 6.07) is 15.5. The first-order chi connectivity index (χ1) is 10.2. The molecular weight excluding hydrogens is 314 g/mol. The minimum absolute atomic E-state index is 0. The summed E-state index contributed by atoms with van der Waals surface area (Å²) in [6.45, 7) is 2.08. The van der Waals surface area contributed by atoms with E-state index >= 15 is 0 Å². The lowest BCUT2D eigenvalue weighted by atomic mass is 10.1. The molecule has 0 aliphatic heterocycles. The number of hydrogen-bond acceptors (Lipinski definition) is 3. The second-order valence-corrected chi connectivity index (χ2v) is 5.76. The molecule has 2 aromatic carbocycles. The monoisotopic (exact) mass is 329 g/mol. The van der Waals surface area contributed by atoms with Crippen LogP contribution in [0.1, 0.15) is 16.1 Å². The molecule has 0 unspecified atom stereocenters. The Labute approximate surface area is 140 Å². The minimum atomic E-state index is 0. The van der Waals surface area contributed by atoms with Gasteiger partial charge < -0.3 is 5.11 Å². The quantitative estimate of drug-likeness (QED) is 0.696. The Morgan fingerprint density at radius 3 is 2.55 bits per heavy atom. The molecular formula is C18H16ClNOS. The summed E-state index contributed by atoms with van der Waals surface area (Å²) < 4.78 is 0. The molecule has 3 aromatic rings. The highest BCUT2D eigenvalue weighted by Gasteiger charge is 2.02. The topological polar surface area (TPSA) is 33.1 Å². The van der Waals surface area contributed by atoms with Crippen molar-refractivity contribution in [2.75, 3.05) is 0 Å². The van der Waals surface area contributed by atoms with Gasteiger partial charge in [-0.25, -0.2) is 4.98 Å². The highest BCUT2D eigenvalue weighted by molar-refractivity contribution is 7.10. The molecule has 1 N–H and O–H groups in total. The third-order valence-corrected chi connectivity index (χ3v) is 3.97. The number of rotatable bonds is 3. The molecule has 0 saturated carbocycles. The van der Waals surface area contributed by atoms with Gasteiger partial charge in [-0.3, -0.25) is 0 Å². The highest BCUT2D eigenvalue weighted by Crippen LogP contribution is 2.23. The Kier molecular flexibility index (Phi) is 5.36. The van der Waals surface area contributed by atoms with E-state index in [-0.39, 0.29) is 18.2 Å². The largest absolute Gasteiger partial charge is 0.508 e. The van der Waals surface area contributed by atoms with Gasteiger partial charge in [0.15, 0.2) is 0 Å². The lowest BCUT2D eigenvalue weighted by molar-refractivity contribution is 0.475. The van der Waals surface area contributed by atoms with E-state index in [0.717, 1.165) is 21.8 Å². The first kappa shape index (κ1) is 16.3. The van der Waals surface area contributed by atoms with Crippen LogP contribution in [0.15, 0.2) is 53.9 Å². The van der Waals surface area contributed by atoms with Crippen molar-refractivity contribution in [1.82, 2.24) is 4.98 Å². The molecule has 0 atom stereocenters. The van der Waals surface area contributed by atoms with Crippen molar-refractivity contribution in [2.24, 2.45) is 0 Å². The van der Waals surface area contributed by atoms with Crippen LogP contribution in [0.25, 0.3) is 23.4 Å². The maximum Gasteiger partial charge on any atom is 0.116 e. The molecule has 4 heteroatoms. The van der Waals surface area contributed by atoms with Gasteiger partial charge in [-0.1, -0.05) is 48.0 Å². The lowest BCUT2D eigenvalue weighted by Gasteiger charge is -1.96. The molecule has 22 heavy (non-hydrogen) atoms. The lowest BCUT2D eigenvalue weighted by Crippen LogP contribution is -1.79. The minimum Gasteiger partial charge on any atom is -0.508 e. The Hall–Kier alpha value is -2.10. The summed E-state index contributed by atoms with van der Waals surface area (Å²) in [5.74, 6) is 0.275. The first-order valence-corrected chi connectivity index (χ1v) is 7.58. The number of hydrogen-bond donors (Lipinski definition) is 1. The number of benzene rings is 2. The van der Waals surface area contributed by atoms with Crippen molar-refractivity contribution in [2.45, 2.75) is 6.92 Å². The van der Waals surface area contributed by atoms with Crippen LogP contribution < -0.4 is 0 Å². The molecule has 2 nitrogen and oxygen atoms in total. The maximum atomic E-state index is 9.44. The fraction of sp³-hybridized carbons (Fsp3) is 0.0556. The Morgan fingerprint density at radius 1 is 1.05 bits per heavy atom. The molecule has 1 heterocycles. The molecule has 0 amide bonds. The van der Waals surface area contributed by atoms with Gasteiger partial charge in [0.1, 0.15) is 10.8 Å². The van der Waals surface area contributed by atoms with Gasteiger partial charge in [-0.15, -0.1) is 23.7 Å². The van der Waals surface area contributed by atoms with Crippen LogP contribution in [0, 0.1) is 6.92 Å². The van der Waals surface area contributed by atoms with Gasteiger partial charge in [0.2, 0.25) is 0 Å². The predicted octanol–water partition coefficient (Wildman–Crippen LogP) is 5.42. The SMILES string of the molecule is Cc1ccc(-c2csc(/C=C/c3cccc(O)c3)n2)cc1.Cl. The van der Waals surface area contributed by atoms with Gasteiger partial charge in [0.25, 0.3) is 0 Å². The molecule has 0 saturated heterocycles. The van der Waals surface area contributed by atoms with E-state index in [1.165, 1.54) is 5.56 Å². The number of phenols is 1. The number of aromatic hydroxyl groups is 1. The Balaban J connectivity index is 0.00000176. The fourth-order valence-electron chi connectivity index (χ4n) is 2.02. The Morgan fingerprint density at radius 2 is 1.82 bits per heavy atom. The van der Waals surface area contributed by atoms with Crippen LogP contribution in [-0.4, -0.2) is 10.1 Å².